The van der Waals surface area contributed by atoms with E-state index in [9.17, 15) is 0 Å². The number of fused-ring (bicyclic) bond motifs is 2. The van der Waals surface area contributed by atoms with Crippen LogP contribution < -0.4 is 5.32 Å². The van der Waals surface area contributed by atoms with Gasteiger partial charge in [0.15, 0.2) is 0 Å². The quantitative estimate of drug-likeness (QED) is 0.895. The highest BCUT2D eigenvalue weighted by Crippen LogP contribution is 2.51. The van der Waals surface area contributed by atoms with Gasteiger partial charge in [0.05, 0.1) is 22.4 Å². The van der Waals surface area contributed by atoms with Crippen LogP contribution in [0.2, 0.25) is 0 Å². The second-order valence-electron chi connectivity index (χ2n) is 6.28. The average molecular weight is 326 g/mol. The van der Waals surface area contributed by atoms with Gasteiger partial charge in [-0.3, -0.25) is 4.68 Å². The Morgan fingerprint density at radius 2 is 2.32 bits per heavy atom. The number of aromatic nitrogens is 2. The topological polar surface area (TPSA) is 29.9 Å². The Hall–Kier alpha value is -0.350. The Bertz CT molecular complexity index is 423. The second kappa shape index (κ2) is 5.57. The Labute approximate surface area is 124 Å². The van der Waals surface area contributed by atoms with Crippen LogP contribution in [0, 0.1) is 17.8 Å². The number of halogens is 1. The molecule has 0 radical (unpaired) electrons. The fourth-order valence-electron chi connectivity index (χ4n) is 4.32. The summed E-state index contributed by atoms with van der Waals surface area (Å²) in [4.78, 5) is 0. The first kappa shape index (κ1) is 13.6. The fraction of sp³-hybridized carbons (Fsp3) is 0.800. The van der Waals surface area contributed by atoms with E-state index in [0.29, 0.717) is 6.04 Å². The molecule has 106 valence electrons. The SMILES string of the molecule is CCNC(CC1CC2CCC1C2)c1c(Br)cnn1C. The first-order valence-electron chi connectivity index (χ1n) is 7.59. The molecule has 2 bridgehead atoms. The minimum Gasteiger partial charge on any atom is -0.309 e. The van der Waals surface area contributed by atoms with Crippen molar-refractivity contribution in [3.8, 4) is 0 Å². The molecule has 0 aromatic carbocycles. The third-order valence-corrected chi connectivity index (χ3v) is 5.75. The zero-order valence-corrected chi connectivity index (χ0v) is 13.5. The van der Waals surface area contributed by atoms with Crippen molar-refractivity contribution in [1.29, 1.82) is 0 Å². The molecule has 0 amide bonds. The van der Waals surface area contributed by atoms with Crippen molar-refractivity contribution < 1.29 is 0 Å². The molecule has 1 N–H and O–H groups in total. The molecule has 19 heavy (non-hydrogen) atoms. The molecule has 2 fully saturated rings. The zero-order chi connectivity index (χ0) is 13.4. The van der Waals surface area contributed by atoms with E-state index in [1.54, 1.807) is 0 Å². The van der Waals surface area contributed by atoms with Crippen LogP contribution in [0.4, 0.5) is 0 Å². The number of nitrogens with zero attached hydrogens (tertiary/aromatic N) is 2. The third kappa shape index (κ3) is 2.62. The maximum Gasteiger partial charge on any atom is 0.0692 e. The molecule has 0 spiro atoms. The van der Waals surface area contributed by atoms with E-state index in [1.165, 1.54) is 37.8 Å². The van der Waals surface area contributed by atoms with E-state index in [-0.39, 0.29) is 0 Å². The molecule has 0 aliphatic heterocycles. The van der Waals surface area contributed by atoms with Gasteiger partial charge in [-0.15, -0.1) is 0 Å². The second-order valence-corrected chi connectivity index (χ2v) is 7.14. The van der Waals surface area contributed by atoms with Gasteiger partial charge in [0, 0.05) is 7.05 Å². The molecule has 4 unspecified atom stereocenters. The largest absolute Gasteiger partial charge is 0.309 e. The van der Waals surface area contributed by atoms with E-state index < -0.39 is 0 Å². The molecule has 2 aliphatic rings. The summed E-state index contributed by atoms with van der Waals surface area (Å²) in [5.74, 6) is 2.95. The highest BCUT2D eigenvalue weighted by atomic mass is 79.9. The number of hydrogen-bond donors (Lipinski definition) is 1. The molecule has 3 nitrogen and oxygen atoms in total. The zero-order valence-electron chi connectivity index (χ0n) is 11.9. The van der Waals surface area contributed by atoms with Crippen molar-refractivity contribution in [3.63, 3.8) is 0 Å². The van der Waals surface area contributed by atoms with Crippen molar-refractivity contribution in [3.05, 3.63) is 16.4 Å². The van der Waals surface area contributed by atoms with Gasteiger partial charge in [-0.25, -0.2) is 0 Å². The van der Waals surface area contributed by atoms with Crippen LogP contribution in [-0.2, 0) is 7.05 Å². The average Bonchev–Trinajstić information content (AvgIpc) is 3.06. The highest BCUT2D eigenvalue weighted by molar-refractivity contribution is 9.10. The van der Waals surface area contributed by atoms with Crippen molar-refractivity contribution in [1.82, 2.24) is 15.1 Å². The minimum absolute atomic E-state index is 0.441. The lowest BCUT2D eigenvalue weighted by atomic mass is 9.83. The summed E-state index contributed by atoms with van der Waals surface area (Å²) in [5, 5.41) is 8.03. The molecule has 2 aliphatic carbocycles. The standard InChI is InChI=1S/C15H24BrN3/c1-3-17-14(15-13(16)9-18-19(15)2)8-12-7-10-4-5-11(12)6-10/h9-12,14,17H,3-8H2,1-2H3. The summed E-state index contributed by atoms with van der Waals surface area (Å²) in [6, 6.07) is 0.441. The van der Waals surface area contributed by atoms with Crippen molar-refractivity contribution in [2.75, 3.05) is 6.54 Å². The van der Waals surface area contributed by atoms with Crippen LogP contribution in [0.25, 0.3) is 0 Å². The highest BCUT2D eigenvalue weighted by Gasteiger charge is 2.40. The van der Waals surface area contributed by atoms with Crippen LogP contribution in [0.15, 0.2) is 10.7 Å². The lowest BCUT2D eigenvalue weighted by Gasteiger charge is -2.27. The van der Waals surface area contributed by atoms with E-state index in [4.69, 9.17) is 0 Å². The Morgan fingerprint density at radius 1 is 1.47 bits per heavy atom. The summed E-state index contributed by atoms with van der Waals surface area (Å²) in [6.07, 6.45) is 9.11. The molecule has 3 rings (SSSR count). The van der Waals surface area contributed by atoms with Crippen LogP contribution in [0.3, 0.4) is 0 Å². The van der Waals surface area contributed by atoms with E-state index in [2.05, 4.69) is 33.3 Å². The van der Waals surface area contributed by atoms with E-state index in [0.717, 1.165) is 28.8 Å². The van der Waals surface area contributed by atoms with Crippen molar-refractivity contribution in [2.45, 2.75) is 45.1 Å². The van der Waals surface area contributed by atoms with Crippen LogP contribution in [0.5, 0.6) is 0 Å². The lowest BCUT2D eigenvalue weighted by molar-refractivity contribution is 0.275. The number of rotatable bonds is 5. The maximum absolute atomic E-state index is 4.37. The molecule has 1 aromatic rings. The fourth-order valence-corrected chi connectivity index (χ4v) is 4.94. The van der Waals surface area contributed by atoms with Crippen LogP contribution in [0.1, 0.15) is 50.8 Å². The molecule has 0 saturated heterocycles. The maximum atomic E-state index is 4.37. The monoisotopic (exact) mass is 325 g/mol. The normalized spacial score (nSPS) is 31.0. The summed E-state index contributed by atoms with van der Waals surface area (Å²) < 4.78 is 3.16. The predicted molar refractivity (Wildman–Crippen MR) is 80.9 cm³/mol. The van der Waals surface area contributed by atoms with Crippen molar-refractivity contribution in [2.24, 2.45) is 24.8 Å². The molecule has 1 aromatic heterocycles. The number of nitrogens with one attached hydrogen (secondary N) is 1. The van der Waals surface area contributed by atoms with Gasteiger partial charge < -0.3 is 5.32 Å². The van der Waals surface area contributed by atoms with Gasteiger partial charge >= 0.3 is 0 Å². The van der Waals surface area contributed by atoms with Gasteiger partial charge in [-0.1, -0.05) is 13.3 Å². The van der Waals surface area contributed by atoms with Crippen molar-refractivity contribution >= 4 is 15.9 Å². The molecular weight excluding hydrogens is 302 g/mol. The molecule has 4 atom stereocenters. The predicted octanol–water partition coefficient (Wildman–Crippen LogP) is 3.66. The van der Waals surface area contributed by atoms with Gasteiger partial charge in [0.2, 0.25) is 0 Å². The minimum atomic E-state index is 0.441. The molecular formula is C15H24BrN3. The molecule has 4 heteroatoms. The smallest absolute Gasteiger partial charge is 0.0692 e. The first-order chi connectivity index (χ1) is 9.19. The lowest BCUT2D eigenvalue weighted by Crippen LogP contribution is -2.27. The van der Waals surface area contributed by atoms with Crippen LogP contribution in [-0.4, -0.2) is 16.3 Å². The Morgan fingerprint density at radius 3 is 2.84 bits per heavy atom. The Balaban J connectivity index is 1.74. The third-order valence-electron chi connectivity index (χ3n) is 5.14. The van der Waals surface area contributed by atoms with Gasteiger partial charge in [0.25, 0.3) is 0 Å². The van der Waals surface area contributed by atoms with Gasteiger partial charge in [0.1, 0.15) is 0 Å². The first-order valence-corrected chi connectivity index (χ1v) is 8.39. The summed E-state index contributed by atoms with van der Waals surface area (Å²) in [5.41, 5.74) is 1.31. The van der Waals surface area contributed by atoms with Crippen LogP contribution >= 0.6 is 15.9 Å². The van der Waals surface area contributed by atoms with E-state index in [1.807, 2.05) is 17.9 Å². The van der Waals surface area contributed by atoms with E-state index >= 15 is 0 Å². The van der Waals surface area contributed by atoms with Gasteiger partial charge in [-0.05, 0) is 65.9 Å². The van der Waals surface area contributed by atoms with Gasteiger partial charge in [-0.2, -0.15) is 5.10 Å². The number of aryl methyl sites for hydroxylation is 1. The Kier molecular flexibility index (Phi) is 3.99. The molecule has 2 saturated carbocycles. The summed E-state index contributed by atoms with van der Waals surface area (Å²) >= 11 is 3.65. The summed E-state index contributed by atoms with van der Waals surface area (Å²) in [6.45, 7) is 3.21. The summed E-state index contributed by atoms with van der Waals surface area (Å²) in [7, 11) is 2.05. The number of hydrogen-bond acceptors (Lipinski definition) is 2. The molecule has 1 heterocycles.